The number of hydrogen-bond acceptors (Lipinski definition) is 3. The van der Waals surface area contributed by atoms with Gasteiger partial charge in [-0.1, -0.05) is 31.0 Å². The molecule has 1 aliphatic heterocycles. The van der Waals surface area contributed by atoms with Crippen LogP contribution < -0.4 is 5.32 Å². The number of alkyl halides is 6. The molecule has 1 amide bonds. The van der Waals surface area contributed by atoms with Gasteiger partial charge in [-0.2, -0.15) is 26.3 Å². The Morgan fingerprint density at radius 2 is 1.56 bits per heavy atom. The Kier molecular flexibility index (Phi) is 8.38. The lowest BCUT2D eigenvalue weighted by Gasteiger charge is -2.27. The average molecular weight is 530 g/mol. The lowest BCUT2D eigenvalue weighted by atomic mass is 9.96. The van der Waals surface area contributed by atoms with Crippen molar-refractivity contribution < 1.29 is 31.1 Å². The summed E-state index contributed by atoms with van der Waals surface area (Å²) in [4.78, 5) is 19.7. The van der Waals surface area contributed by atoms with E-state index in [2.05, 4.69) is 10.2 Å². The summed E-state index contributed by atoms with van der Waals surface area (Å²) in [6.07, 6.45) is -2.35. The fraction of sp³-hybridized carbons (Fsp3) is 0.636. The second kappa shape index (κ2) is 10.6. The molecule has 0 spiro atoms. The zero-order valence-electron chi connectivity index (χ0n) is 18.2. The summed E-state index contributed by atoms with van der Waals surface area (Å²) >= 11 is 1.58. The van der Waals surface area contributed by atoms with Gasteiger partial charge in [0.05, 0.1) is 17.2 Å². The van der Waals surface area contributed by atoms with Crippen molar-refractivity contribution in [2.45, 2.75) is 81.8 Å². The number of amides is 1. The van der Waals surface area contributed by atoms with Gasteiger partial charge in [-0.05, 0) is 43.9 Å². The molecule has 2 saturated carbocycles. The summed E-state index contributed by atoms with van der Waals surface area (Å²) in [7, 11) is 0. The van der Waals surface area contributed by atoms with Crippen molar-refractivity contribution in [2.24, 2.45) is 4.99 Å². The summed E-state index contributed by atoms with van der Waals surface area (Å²) in [5.41, 5.74) is -3.42. The van der Waals surface area contributed by atoms with Gasteiger partial charge in [-0.3, -0.25) is 9.79 Å². The molecule has 0 aromatic heterocycles. The normalized spacial score (nSPS) is 23.2. The van der Waals surface area contributed by atoms with Crippen LogP contribution in [0, 0.1) is 0 Å². The van der Waals surface area contributed by atoms with E-state index >= 15 is 0 Å². The summed E-state index contributed by atoms with van der Waals surface area (Å²) in [6, 6.07) is 1.51. The second-order valence-corrected chi connectivity index (χ2v) is 9.84. The first kappa shape index (κ1) is 27.0. The Bertz CT molecular complexity index is 881. The number of thioether (sulfide) groups is 1. The van der Waals surface area contributed by atoms with Gasteiger partial charge in [0.25, 0.3) is 0 Å². The summed E-state index contributed by atoms with van der Waals surface area (Å²) in [5.74, 6) is 0.00361. The van der Waals surface area contributed by atoms with Gasteiger partial charge in [0.2, 0.25) is 5.91 Å². The van der Waals surface area contributed by atoms with E-state index < -0.39 is 35.1 Å². The standard InChI is InChI=1S/C22H25F6N3OS.ClH/c23-21(24,25)13-8-14(22(26,27)28)10-16(9-13)29-19(32)11-18-12-33-20(31(18)17-6-7-17)30-15-4-2-1-3-5-15;/h8-10,15,17-18H,1-7,11-12H2,(H,29,32);1H. The number of anilines is 1. The van der Waals surface area contributed by atoms with Crippen molar-refractivity contribution in [3.63, 3.8) is 0 Å². The van der Waals surface area contributed by atoms with Gasteiger partial charge < -0.3 is 10.2 Å². The Balaban J connectivity index is 0.00000324. The van der Waals surface area contributed by atoms with Crippen LogP contribution in [-0.4, -0.2) is 39.9 Å². The van der Waals surface area contributed by atoms with Gasteiger partial charge in [-0.25, -0.2) is 0 Å². The van der Waals surface area contributed by atoms with E-state index in [4.69, 9.17) is 4.99 Å². The Morgan fingerprint density at radius 3 is 2.09 bits per heavy atom. The maximum absolute atomic E-state index is 13.1. The lowest BCUT2D eigenvalue weighted by Crippen LogP contribution is -2.39. The summed E-state index contributed by atoms with van der Waals surface area (Å²) < 4.78 is 78.5. The van der Waals surface area contributed by atoms with Gasteiger partial charge in [-0.15, -0.1) is 12.4 Å². The molecule has 1 atom stereocenters. The average Bonchev–Trinajstić information content (AvgIpc) is 3.49. The fourth-order valence-electron chi connectivity index (χ4n) is 4.37. The van der Waals surface area contributed by atoms with Crippen LogP contribution in [0.4, 0.5) is 32.0 Å². The topological polar surface area (TPSA) is 44.7 Å². The molecule has 1 N–H and O–H groups in total. The molecule has 1 unspecified atom stereocenters. The van der Waals surface area contributed by atoms with Gasteiger partial charge >= 0.3 is 12.4 Å². The molecule has 4 rings (SSSR count). The van der Waals surface area contributed by atoms with E-state index in [1.165, 1.54) is 6.42 Å². The van der Waals surface area contributed by atoms with Crippen molar-refractivity contribution in [2.75, 3.05) is 11.1 Å². The van der Waals surface area contributed by atoms with Crippen LogP contribution in [-0.2, 0) is 17.1 Å². The minimum absolute atomic E-state index is 0. The molecule has 3 aliphatic rings. The van der Waals surface area contributed by atoms with Crippen LogP contribution in [0.2, 0.25) is 0 Å². The maximum atomic E-state index is 13.1. The number of rotatable bonds is 5. The predicted octanol–water partition coefficient (Wildman–Crippen LogP) is 6.74. The highest BCUT2D eigenvalue weighted by Gasteiger charge is 2.42. The van der Waals surface area contributed by atoms with E-state index in [0.29, 0.717) is 23.9 Å². The fourth-order valence-corrected chi connectivity index (χ4v) is 5.66. The van der Waals surface area contributed by atoms with Crippen molar-refractivity contribution in [3.05, 3.63) is 29.3 Å². The van der Waals surface area contributed by atoms with Gasteiger partial charge in [0.1, 0.15) is 0 Å². The monoisotopic (exact) mass is 529 g/mol. The summed E-state index contributed by atoms with van der Waals surface area (Å²) in [6.45, 7) is 0. The molecule has 3 fully saturated rings. The maximum Gasteiger partial charge on any atom is 0.416 e. The van der Waals surface area contributed by atoms with Gasteiger partial charge in [0, 0.05) is 29.9 Å². The first-order valence-corrected chi connectivity index (χ1v) is 12.1. The quantitative estimate of drug-likeness (QED) is 0.429. The first-order chi connectivity index (χ1) is 15.5. The highest BCUT2D eigenvalue weighted by atomic mass is 35.5. The van der Waals surface area contributed by atoms with Crippen LogP contribution in [0.5, 0.6) is 0 Å². The van der Waals surface area contributed by atoms with Crippen LogP contribution in [0.3, 0.4) is 0 Å². The molecule has 34 heavy (non-hydrogen) atoms. The number of carbonyl (C=O) groups excluding carboxylic acids is 1. The van der Waals surface area contributed by atoms with E-state index in [-0.39, 0.29) is 37.0 Å². The Morgan fingerprint density at radius 1 is 0.971 bits per heavy atom. The molecule has 0 bridgehead atoms. The van der Waals surface area contributed by atoms with Crippen molar-refractivity contribution >= 4 is 40.9 Å². The number of amidine groups is 1. The minimum atomic E-state index is -4.96. The number of halogens is 7. The number of carbonyl (C=O) groups is 1. The molecule has 190 valence electrons. The first-order valence-electron chi connectivity index (χ1n) is 11.1. The molecule has 12 heteroatoms. The molecule has 1 saturated heterocycles. The second-order valence-electron chi connectivity index (χ2n) is 8.85. The van der Waals surface area contributed by atoms with Crippen LogP contribution >= 0.6 is 24.2 Å². The van der Waals surface area contributed by atoms with E-state index in [0.717, 1.165) is 43.7 Å². The third-order valence-electron chi connectivity index (χ3n) is 6.12. The molecule has 0 radical (unpaired) electrons. The summed E-state index contributed by atoms with van der Waals surface area (Å²) in [5, 5.41) is 3.17. The lowest BCUT2D eigenvalue weighted by molar-refractivity contribution is -0.143. The Hall–Kier alpha value is -1.62. The van der Waals surface area contributed by atoms with Crippen LogP contribution in [0.15, 0.2) is 23.2 Å². The molecular weight excluding hydrogens is 504 g/mol. The highest BCUT2D eigenvalue weighted by Crippen LogP contribution is 2.40. The molecule has 1 aromatic rings. The van der Waals surface area contributed by atoms with Crippen molar-refractivity contribution in [1.82, 2.24) is 4.90 Å². The molecule has 4 nitrogen and oxygen atoms in total. The molecule has 2 aliphatic carbocycles. The number of aliphatic imine (C=N–C) groups is 1. The van der Waals surface area contributed by atoms with Crippen LogP contribution in [0.1, 0.15) is 62.5 Å². The zero-order chi connectivity index (χ0) is 23.8. The Labute approximate surface area is 204 Å². The van der Waals surface area contributed by atoms with Crippen molar-refractivity contribution in [3.8, 4) is 0 Å². The minimum Gasteiger partial charge on any atom is -0.344 e. The van der Waals surface area contributed by atoms with Crippen molar-refractivity contribution in [1.29, 1.82) is 0 Å². The molecule has 1 aromatic carbocycles. The number of benzene rings is 1. The smallest absolute Gasteiger partial charge is 0.344 e. The number of hydrogen-bond donors (Lipinski definition) is 1. The van der Waals surface area contributed by atoms with Crippen LogP contribution in [0.25, 0.3) is 0 Å². The van der Waals surface area contributed by atoms with E-state index in [1.54, 1.807) is 11.8 Å². The van der Waals surface area contributed by atoms with Gasteiger partial charge in [0.15, 0.2) is 5.17 Å². The molecule has 1 heterocycles. The van der Waals surface area contributed by atoms with E-state index in [9.17, 15) is 31.1 Å². The zero-order valence-corrected chi connectivity index (χ0v) is 19.8. The van der Waals surface area contributed by atoms with E-state index in [1.807, 2.05) is 0 Å². The number of nitrogens with zero attached hydrogens (tertiary/aromatic N) is 2. The highest BCUT2D eigenvalue weighted by molar-refractivity contribution is 8.14. The molecular formula is C22H26ClF6N3OS. The largest absolute Gasteiger partial charge is 0.416 e. The number of nitrogens with one attached hydrogen (secondary N) is 1. The third-order valence-corrected chi connectivity index (χ3v) is 7.25. The third kappa shape index (κ3) is 6.74. The SMILES string of the molecule is Cl.O=C(CC1CSC(=NC2CCCCC2)N1C1CC1)Nc1cc(C(F)(F)F)cc(C(F)(F)F)c1. The predicted molar refractivity (Wildman–Crippen MR) is 122 cm³/mol.